The minimum atomic E-state index is -0.142. The lowest BCUT2D eigenvalue weighted by atomic mass is 10.4. The van der Waals surface area contributed by atoms with E-state index >= 15 is 0 Å². The molecule has 2 rings (SSSR count). The van der Waals surface area contributed by atoms with Crippen LogP contribution in [0.2, 0.25) is 0 Å². The Labute approximate surface area is 94.2 Å². The fourth-order valence-corrected chi connectivity index (χ4v) is 1.51. The first-order chi connectivity index (χ1) is 7.72. The number of hydrogen-bond donors (Lipinski definition) is 2. The van der Waals surface area contributed by atoms with Crippen molar-refractivity contribution in [3.05, 3.63) is 11.6 Å². The largest absolute Gasteiger partial charge is 0.339 e. The van der Waals surface area contributed by atoms with Gasteiger partial charge in [0.15, 0.2) is 0 Å². The van der Waals surface area contributed by atoms with E-state index in [1.54, 1.807) is 11.9 Å². The number of hydrogen-bond acceptors (Lipinski definition) is 4. The lowest BCUT2D eigenvalue weighted by molar-refractivity contribution is 0.0783. The molecule has 0 aromatic carbocycles. The molecule has 0 aliphatic heterocycles. The van der Waals surface area contributed by atoms with Gasteiger partial charge in [-0.2, -0.15) is 0 Å². The molecule has 1 saturated carbocycles. The second-order valence-corrected chi connectivity index (χ2v) is 4.19. The SMILES string of the molecule is CN(CCCN)C(=O)c1n[nH]c(C2CC2)n1. The van der Waals surface area contributed by atoms with E-state index in [0.717, 1.165) is 25.1 Å². The number of nitrogens with one attached hydrogen (secondary N) is 1. The van der Waals surface area contributed by atoms with E-state index < -0.39 is 0 Å². The number of H-pyrrole nitrogens is 1. The molecule has 3 N–H and O–H groups in total. The van der Waals surface area contributed by atoms with Crippen molar-refractivity contribution < 1.29 is 4.79 Å². The number of carbonyl (C=O) groups is 1. The molecule has 1 aromatic heterocycles. The molecule has 1 amide bonds. The van der Waals surface area contributed by atoms with Gasteiger partial charge in [-0.1, -0.05) is 0 Å². The van der Waals surface area contributed by atoms with Crippen molar-refractivity contribution in [2.24, 2.45) is 5.73 Å². The van der Waals surface area contributed by atoms with Crippen molar-refractivity contribution in [1.29, 1.82) is 0 Å². The Bertz CT molecular complexity index is 371. The van der Waals surface area contributed by atoms with Crippen molar-refractivity contribution in [3.8, 4) is 0 Å². The molecular formula is C10H17N5O. The molecule has 1 aromatic rings. The Morgan fingerprint density at radius 3 is 3.00 bits per heavy atom. The molecular weight excluding hydrogens is 206 g/mol. The smallest absolute Gasteiger partial charge is 0.293 e. The number of rotatable bonds is 5. The zero-order chi connectivity index (χ0) is 11.5. The number of nitrogens with zero attached hydrogens (tertiary/aromatic N) is 3. The summed E-state index contributed by atoms with van der Waals surface area (Å²) in [7, 11) is 1.74. The van der Waals surface area contributed by atoms with E-state index in [1.807, 2.05) is 0 Å². The van der Waals surface area contributed by atoms with Crippen LogP contribution in [0.1, 0.15) is 41.6 Å². The van der Waals surface area contributed by atoms with Crippen molar-refractivity contribution in [3.63, 3.8) is 0 Å². The highest BCUT2D eigenvalue weighted by molar-refractivity contribution is 5.90. The third-order valence-electron chi connectivity index (χ3n) is 2.70. The van der Waals surface area contributed by atoms with E-state index in [9.17, 15) is 4.79 Å². The Morgan fingerprint density at radius 1 is 1.62 bits per heavy atom. The number of amides is 1. The molecule has 1 aliphatic rings. The number of aromatic amines is 1. The molecule has 0 unspecified atom stereocenters. The van der Waals surface area contributed by atoms with Crippen LogP contribution in [0, 0.1) is 0 Å². The summed E-state index contributed by atoms with van der Waals surface area (Å²) in [6.45, 7) is 1.22. The van der Waals surface area contributed by atoms with E-state index in [-0.39, 0.29) is 11.7 Å². The lowest BCUT2D eigenvalue weighted by Crippen LogP contribution is -2.29. The Balaban J connectivity index is 1.96. The average Bonchev–Trinajstić information content (AvgIpc) is 3.03. The molecule has 0 radical (unpaired) electrons. The van der Waals surface area contributed by atoms with E-state index in [4.69, 9.17) is 5.73 Å². The summed E-state index contributed by atoms with van der Waals surface area (Å²) in [5, 5.41) is 6.77. The summed E-state index contributed by atoms with van der Waals surface area (Å²) < 4.78 is 0. The van der Waals surface area contributed by atoms with Crippen molar-refractivity contribution in [1.82, 2.24) is 20.1 Å². The van der Waals surface area contributed by atoms with Gasteiger partial charge in [0, 0.05) is 19.5 Å². The van der Waals surface area contributed by atoms with Crippen molar-refractivity contribution >= 4 is 5.91 Å². The first-order valence-corrected chi connectivity index (χ1v) is 5.60. The molecule has 6 heteroatoms. The molecule has 0 spiro atoms. The van der Waals surface area contributed by atoms with Crippen LogP contribution in [-0.4, -0.2) is 46.1 Å². The topological polar surface area (TPSA) is 87.9 Å². The van der Waals surface area contributed by atoms with E-state index in [0.29, 0.717) is 19.0 Å². The van der Waals surface area contributed by atoms with Gasteiger partial charge in [-0.15, -0.1) is 5.10 Å². The van der Waals surface area contributed by atoms with Crippen LogP contribution < -0.4 is 5.73 Å². The summed E-state index contributed by atoms with van der Waals surface area (Å²) in [4.78, 5) is 17.7. The van der Waals surface area contributed by atoms with Crippen LogP contribution in [0.25, 0.3) is 0 Å². The first kappa shape index (κ1) is 11.1. The summed E-state index contributed by atoms with van der Waals surface area (Å²) in [6, 6.07) is 0. The van der Waals surface area contributed by atoms with Gasteiger partial charge in [-0.05, 0) is 25.8 Å². The van der Waals surface area contributed by atoms with E-state index in [1.165, 1.54) is 0 Å². The Morgan fingerprint density at radius 2 is 2.38 bits per heavy atom. The minimum absolute atomic E-state index is 0.142. The molecule has 0 bridgehead atoms. The van der Waals surface area contributed by atoms with Gasteiger partial charge < -0.3 is 10.6 Å². The van der Waals surface area contributed by atoms with Gasteiger partial charge in [0.25, 0.3) is 5.91 Å². The summed E-state index contributed by atoms with van der Waals surface area (Å²) in [5.74, 6) is 1.46. The minimum Gasteiger partial charge on any atom is -0.339 e. The highest BCUT2D eigenvalue weighted by Gasteiger charge is 2.28. The molecule has 16 heavy (non-hydrogen) atoms. The van der Waals surface area contributed by atoms with Crippen molar-refractivity contribution in [2.75, 3.05) is 20.1 Å². The second-order valence-electron chi connectivity index (χ2n) is 4.19. The fraction of sp³-hybridized carbons (Fsp3) is 0.700. The van der Waals surface area contributed by atoms with Crippen LogP contribution in [0.5, 0.6) is 0 Å². The first-order valence-electron chi connectivity index (χ1n) is 5.60. The standard InChI is InChI=1S/C10H17N5O/c1-15(6-2-5-11)10(16)9-12-8(13-14-9)7-3-4-7/h7H,2-6,11H2,1H3,(H,12,13,14). The van der Waals surface area contributed by atoms with E-state index in [2.05, 4.69) is 15.2 Å². The lowest BCUT2D eigenvalue weighted by Gasteiger charge is -2.13. The number of aromatic nitrogens is 3. The highest BCUT2D eigenvalue weighted by atomic mass is 16.2. The molecule has 1 aliphatic carbocycles. The van der Waals surface area contributed by atoms with Crippen LogP contribution in [0.15, 0.2) is 0 Å². The maximum atomic E-state index is 11.8. The van der Waals surface area contributed by atoms with Gasteiger partial charge in [0.05, 0.1) is 0 Å². The molecule has 88 valence electrons. The van der Waals surface area contributed by atoms with Crippen LogP contribution in [0.3, 0.4) is 0 Å². The molecule has 1 fully saturated rings. The quantitative estimate of drug-likeness (QED) is 0.741. The average molecular weight is 223 g/mol. The van der Waals surface area contributed by atoms with Gasteiger partial charge in [0.1, 0.15) is 5.82 Å². The number of nitrogens with two attached hydrogens (primary N) is 1. The van der Waals surface area contributed by atoms with Gasteiger partial charge in [0.2, 0.25) is 5.82 Å². The Kier molecular flexibility index (Phi) is 3.19. The van der Waals surface area contributed by atoms with Crippen molar-refractivity contribution in [2.45, 2.75) is 25.2 Å². The molecule has 0 saturated heterocycles. The van der Waals surface area contributed by atoms with Gasteiger partial charge in [-0.3, -0.25) is 9.89 Å². The van der Waals surface area contributed by atoms with Crippen LogP contribution in [0.4, 0.5) is 0 Å². The zero-order valence-electron chi connectivity index (χ0n) is 9.44. The maximum absolute atomic E-state index is 11.8. The van der Waals surface area contributed by atoms with Crippen LogP contribution in [-0.2, 0) is 0 Å². The third-order valence-corrected chi connectivity index (χ3v) is 2.70. The summed E-state index contributed by atoms with van der Waals surface area (Å²) in [6.07, 6.45) is 3.08. The van der Waals surface area contributed by atoms with Gasteiger partial charge >= 0.3 is 0 Å². The predicted octanol–water partition coefficient (Wildman–Crippen LogP) is 0.103. The summed E-state index contributed by atoms with van der Waals surface area (Å²) >= 11 is 0. The third kappa shape index (κ3) is 2.38. The Hall–Kier alpha value is -1.43. The van der Waals surface area contributed by atoms with Gasteiger partial charge in [-0.25, -0.2) is 4.98 Å². The zero-order valence-corrected chi connectivity index (χ0v) is 9.44. The molecule has 1 heterocycles. The molecule has 6 nitrogen and oxygen atoms in total. The van der Waals surface area contributed by atoms with Crippen LogP contribution >= 0.6 is 0 Å². The monoisotopic (exact) mass is 223 g/mol. The predicted molar refractivity (Wildman–Crippen MR) is 59.0 cm³/mol. The second kappa shape index (κ2) is 4.61. The normalized spacial score (nSPS) is 15.1. The maximum Gasteiger partial charge on any atom is 0.293 e. The highest BCUT2D eigenvalue weighted by Crippen LogP contribution is 2.37. The number of carbonyl (C=O) groups excluding carboxylic acids is 1. The summed E-state index contributed by atoms with van der Waals surface area (Å²) in [5.41, 5.74) is 5.39. The fourth-order valence-electron chi connectivity index (χ4n) is 1.51. The molecule has 0 atom stereocenters.